The van der Waals surface area contributed by atoms with Gasteiger partial charge in [0.1, 0.15) is 11.8 Å². The molecule has 1 aliphatic carbocycles. The van der Waals surface area contributed by atoms with Gasteiger partial charge in [0.05, 0.1) is 12.2 Å². The van der Waals surface area contributed by atoms with E-state index in [-0.39, 0.29) is 18.1 Å². The molecule has 1 aromatic carbocycles. The Kier molecular flexibility index (Phi) is 5.70. The summed E-state index contributed by atoms with van der Waals surface area (Å²) in [7, 11) is 1.64. The van der Waals surface area contributed by atoms with Crippen LogP contribution in [0.25, 0.3) is 0 Å². The predicted octanol–water partition coefficient (Wildman–Crippen LogP) is 3.69. The summed E-state index contributed by atoms with van der Waals surface area (Å²) in [5, 5.41) is 0. The van der Waals surface area contributed by atoms with Crippen LogP contribution in [0.2, 0.25) is 0 Å². The van der Waals surface area contributed by atoms with Gasteiger partial charge >= 0.3 is 6.18 Å². The molecule has 1 atom stereocenters. The number of carbonyl (C=O) groups excluding carboxylic acids is 2. The Labute approximate surface area is 162 Å². The lowest BCUT2D eigenvalue weighted by Gasteiger charge is -2.42. The number of rotatable bonds is 3. The van der Waals surface area contributed by atoms with Crippen molar-refractivity contribution in [3.05, 3.63) is 35.4 Å². The van der Waals surface area contributed by atoms with Gasteiger partial charge in [0, 0.05) is 19.2 Å². The molecule has 2 amide bonds. The molecule has 1 unspecified atom stereocenters. The van der Waals surface area contributed by atoms with E-state index in [1.54, 1.807) is 7.05 Å². The van der Waals surface area contributed by atoms with E-state index in [2.05, 4.69) is 0 Å². The first-order valence-corrected chi connectivity index (χ1v) is 9.59. The molecule has 5 nitrogen and oxygen atoms in total. The Hall–Kier alpha value is -2.09. The fourth-order valence-electron chi connectivity index (χ4n) is 4.04. The van der Waals surface area contributed by atoms with Crippen molar-refractivity contribution < 1.29 is 27.5 Å². The summed E-state index contributed by atoms with van der Waals surface area (Å²) in [5.74, 6) is -0.848. The van der Waals surface area contributed by atoms with Crippen LogP contribution in [-0.2, 0) is 15.7 Å². The molecule has 154 valence electrons. The summed E-state index contributed by atoms with van der Waals surface area (Å²) in [4.78, 5) is 29.1. The molecule has 2 fully saturated rings. The average molecular weight is 398 g/mol. The number of alkyl halides is 3. The number of nitrogens with zero attached hydrogens (tertiary/aromatic N) is 2. The second-order valence-electron chi connectivity index (χ2n) is 7.44. The summed E-state index contributed by atoms with van der Waals surface area (Å²) in [6.07, 6.45) is -0.690. The largest absolute Gasteiger partial charge is 0.416 e. The van der Waals surface area contributed by atoms with Gasteiger partial charge in [-0.3, -0.25) is 14.5 Å². The molecule has 0 aromatic heterocycles. The molecule has 2 aliphatic rings. The number of amides is 2. The number of hydrogen-bond acceptors (Lipinski definition) is 3. The third-order valence-corrected chi connectivity index (χ3v) is 5.69. The van der Waals surface area contributed by atoms with Crippen LogP contribution in [0, 0.1) is 0 Å². The van der Waals surface area contributed by atoms with E-state index in [1.165, 1.54) is 21.9 Å². The van der Waals surface area contributed by atoms with E-state index in [0.29, 0.717) is 19.4 Å². The summed E-state index contributed by atoms with van der Waals surface area (Å²) in [5.41, 5.74) is -1.88. The fourth-order valence-corrected chi connectivity index (χ4v) is 4.04. The number of likely N-dealkylation sites (N-methyl/N-ethyl adjacent to an activating group) is 1. The van der Waals surface area contributed by atoms with Gasteiger partial charge in [-0.25, -0.2) is 0 Å². The summed E-state index contributed by atoms with van der Waals surface area (Å²) < 4.78 is 45.3. The minimum Gasteiger partial charge on any atom is -0.353 e. The summed E-state index contributed by atoms with van der Waals surface area (Å²) in [6, 6.07) is 3.53. The molecule has 3 rings (SSSR count). The monoisotopic (exact) mass is 398 g/mol. The maximum Gasteiger partial charge on any atom is 0.416 e. The first-order chi connectivity index (χ1) is 13.2. The molecule has 1 aliphatic heterocycles. The van der Waals surface area contributed by atoms with Crippen molar-refractivity contribution >= 4 is 11.8 Å². The Morgan fingerprint density at radius 1 is 1.25 bits per heavy atom. The Morgan fingerprint density at radius 2 is 1.93 bits per heavy atom. The van der Waals surface area contributed by atoms with Crippen molar-refractivity contribution in [1.29, 1.82) is 0 Å². The molecule has 1 saturated carbocycles. The standard InChI is InChI=1S/C20H25F3N2O3/c1-3-24(2)18(27)16-13-28-19(10-5-4-6-11-19)25(16)17(26)14-8-7-9-15(12-14)20(21,22)23/h7-9,12,16H,3-6,10-11,13H2,1-2H3. The van der Waals surface area contributed by atoms with Crippen molar-refractivity contribution in [2.45, 2.75) is 57.0 Å². The van der Waals surface area contributed by atoms with E-state index in [9.17, 15) is 22.8 Å². The maximum absolute atomic E-state index is 13.3. The number of carbonyl (C=O) groups is 2. The highest BCUT2D eigenvalue weighted by Gasteiger charge is 2.53. The highest BCUT2D eigenvalue weighted by molar-refractivity contribution is 5.98. The fraction of sp³-hybridized carbons (Fsp3) is 0.600. The SMILES string of the molecule is CCN(C)C(=O)C1COC2(CCCCC2)N1C(=O)c1cccc(C(F)(F)F)c1. The van der Waals surface area contributed by atoms with Gasteiger partial charge in [0.2, 0.25) is 5.91 Å². The first-order valence-electron chi connectivity index (χ1n) is 9.59. The Balaban J connectivity index is 1.99. The second-order valence-corrected chi connectivity index (χ2v) is 7.44. The minimum absolute atomic E-state index is 0.0634. The zero-order valence-electron chi connectivity index (χ0n) is 16.1. The first kappa shape index (κ1) is 20.6. The van der Waals surface area contributed by atoms with Crippen molar-refractivity contribution in [3.63, 3.8) is 0 Å². The van der Waals surface area contributed by atoms with Gasteiger partial charge in [-0.05, 0) is 50.8 Å². The van der Waals surface area contributed by atoms with Crippen LogP contribution in [0.4, 0.5) is 13.2 Å². The van der Waals surface area contributed by atoms with Crippen LogP contribution in [0.15, 0.2) is 24.3 Å². The average Bonchev–Trinajstić information content (AvgIpc) is 3.04. The third-order valence-electron chi connectivity index (χ3n) is 5.69. The molecule has 0 N–H and O–H groups in total. The van der Waals surface area contributed by atoms with E-state index in [0.717, 1.165) is 31.4 Å². The second kappa shape index (κ2) is 7.73. The molecule has 0 radical (unpaired) electrons. The Bertz CT molecular complexity index is 744. The van der Waals surface area contributed by atoms with E-state index < -0.39 is 29.4 Å². The van der Waals surface area contributed by atoms with Crippen LogP contribution in [-0.4, -0.2) is 53.6 Å². The van der Waals surface area contributed by atoms with Gasteiger partial charge in [-0.2, -0.15) is 13.2 Å². The predicted molar refractivity (Wildman–Crippen MR) is 96.5 cm³/mol. The molecular formula is C20H25F3N2O3. The van der Waals surface area contributed by atoms with E-state index >= 15 is 0 Å². The van der Waals surface area contributed by atoms with Gasteiger partial charge in [-0.15, -0.1) is 0 Å². The zero-order chi connectivity index (χ0) is 20.5. The van der Waals surface area contributed by atoms with Gasteiger partial charge in [0.15, 0.2) is 0 Å². The van der Waals surface area contributed by atoms with Crippen molar-refractivity contribution in [1.82, 2.24) is 9.80 Å². The molecule has 1 saturated heterocycles. The lowest BCUT2D eigenvalue weighted by Crippen LogP contribution is -2.56. The van der Waals surface area contributed by atoms with Crippen molar-refractivity contribution in [3.8, 4) is 0 Å². The van der Waals surface area contributed by atoms with Crippen LogP contribution < -0.4 is 0 Å². The number of halogens is 3. The third kappa shape index (κ3) is 3.74. The molecule has 1 spiro atoms. The lowest BCUT2D eigenvalue weighted by atomic mass is 9.89. The van der Waals surface area contributed by atoms with Crippen LogP contribution >= 0.6 is 0 Å². The number of benzene rings is 1. The molecule has 8 heteroatoms. The number of ether oxygens (including phenoxy) is 1. The van der Waals surface area contributed by atoms with Gasteiger partial charge in [0.25, 0.3) is 5.91 Å². The van der Waals surface area contributed by atoms with Crippen LogP contribution in [0.1, 0.15) is 54.9 Å². The highest BCUT2D eigenvalue weighted by atomic mass is 19.4. The normalized spacial score (nSPS) is 21.8. The van der Waals surface area contributed by atoms with Crippen molar-refractivity contribution in [2.75, 3.05) is 20.2 Å². The number of hydrogen-bond donors (Lipinski definition) is 0. The lowest BCUT2D eigenvalue weighted by molar-refractivity contribution is -0.138. The van der Waals surface area contributed by atoms with Crippen LogP contribution in [0.5, 0.6) is 0 Å². The summed E-state index contributed by atoms with van der Waals surface area (Å²) >= 11 is 0. The minimum atomic E-state index is -4.54. The summed E-state index contributed by atoms with van der Waals surface area (Å²) in [6.45, 7) is 2.35. The zero-order valence-corrected chi connectivity index (χ0v) is 16.1. The van der Waals surface area contributed by atoms with Gasteiger partial charge < -0.3 is 9.64 Å². The van der Waals surface area contributed by atoms with Crippen molar-refractivity contribution in [2.24, 2.45) is 0 Å². The maximum atomic E-state index is 13.3. The Morgan fingerprint density at radius 3 is 2.54 bits per heavy atom. The molecule has 1 aromatic rings. The molecule has 0 bridgehead atoms. The smallest absolute Gasteiger partial charge is 0.353 e. The van der Waals surface area contributed by atoms with Crippen LogP contribution in [0.3, 0.4) is 0 Å². The highest BCUT2D eigenvalue weighted by Crippen LogP contribution is 2.42. The van der Waals surface area contributed by atoms with Gasteiger partial charge in [-0.1, -0.05) is 12.5 Å². The van der Waals surface area contributed by atoms with E-state index in [1.807, 2.05) is 6.92 Å². The topological polar surface area (TPSA) is 49.9 Å². The van der Waals surface area contributed by atoms with E-state index in [4.69, 9.17) is 4.74 Å². The molecule has 28 heavy (non-hydrogen) atoms. The quantitative estimate of drug-likeness (QED) is 0.780. The molecule has 1 heterocycles. The molecular weight excluding hydrogens is 373 g/mol.